The van der Waals surface area contributed by atoms with Gasteiger partial charge in [-0.2, -0.15) is 0 Å². The Hall–Kier alpha value is -1.13. The minimum Gasteiger partial charge on any atom is -0.356 e. The van der Waals surface area contributed by atoms with E-state index in [0.717, 1.165) is 38.9 Å². The predicted octanol–water partition coefficient (Wildman–Crippen LogP) is 5.02. The van der Waals surface area contributed by atoms with Crippen LogP contribution in [-0.2, 0) is 11.3 Å². The maximum absolute atomic E-state index is 13.9. The highest BCUT2D eigenvalue weighted by Crippen LogP contribution is 2.24. The third kappa shape index (κ3) is 6.24. The molecule has 2 rings (SSSR count). The lowest BCUT2D eigenvalue weighted by molar-refractivity contribution is -0.126. The molecule has 1 aromatic carbocycles. The Labute approximate surface area is 162 Å². The maximum Gasteiger partial charge on any atom is 0.223 e. The van der Waals surface area contributed by atoms with E-state index < -0.39 is 0 Å². The summed E-state index contributed by atoms with van der Waals surface area (Å²) < 4.78 is 13.9. The molecule has 26 heavy (non-hydrogen) atoms. The smallest absolute Gasteiger partial charge is 0.223 e. The van der Waals surface area contributed by atoms with Gasteiger partial charge in [-0.25, -0.2) is 4.39 Å². The average Bonchev–Trinajstić information content (AvgIpc) is 2.65. The number of hydrogen-bond donors (Lipinski definition) is 1. The van der Waals surface area contributed by atoms with Gasteiger partial charge in [-0.1, -0.05) is 50.8 Å². The molecule has 1 atom stereocenters. The zero-order valence-corrected chi connectivity index (χ0v) is 16.8. The summed E-state index contributed by atoms with van der Waals surface area (Å²) in [6.45, 7) is 7.30. The summed E-state index contributed by atoms with van der Waals surface area (Å²) in [7, 11) is 0. The predicted molar refractivity (Wildman–Crippen MR) is 106 cm³/mol. The van der Waals surface area contributed by atoms with Crippen LogP contribution in [0.5, 0.6) is 0 Å². The van der Waals surface area contributed by atoms with Crippen LogP contribution in [0.15, 0.2) is 18.2 Å². The molecule has 1 heterocycles. The summed E-state index contributed by atoms with van der Waals surface area (Å²) in [5.41, 5.74) is 0.554. The molecule has 1 N–H and O–H groups in total. The van der Waals surface area contributed by atoms with E-state index >= 15 is 0 Å². The fraction of sp³-hybridized carbons (Fsp3) is 0.667. The number of carbonyl (C=O) groups is 1. The molecule has 1 aliphatic heterocycles. The zero-order valence-electron chi connectivity index (χ0n) is 16.1. The van der Waals surface area contributed by atoms with E-state index in [2.05, 4.69) is 24.1 Å². The molecule has 1 aromatic rings. The van der Waals surface area contributed by atoms with Gasteiger partial charge in [0.2, 0.25) is 5.91 Å². The molecular weight excluding hydrogens is 351 g/mol. The van der Waals surface area contributed by atoms with Crippen LogP contribution in [0.4, 0.5) is 4.39 Å². The van der Waals surface area contributed by atoms with Crippen molar-refractivity contribution >= 4 is 17.5 Å². The first-order valence-electron chi connectivity index (χ1n) is 9.98. The lowest BCUT2D eigenvalue weighted by Crippen LogP contribution is -2.41. The highest BCUT2D eigenvalue weighted by atomic mass is 35.5. The van der Waals surface area contributed by atoms with Gasteiger partial charge in [0.25, 0.3) is 0 Å². The monoisotopic (exact) mass is 382 g/mol. The Morgan fingerprint density at radius 1 is 1.35 bits per heavy atom. The van der Waals surface area contributed by atoms with Gasteiger partial charge in [-0.15, -0.1) is 0 Å². The largest absolute Gasteiger partial charge is 0.356 e. The second kappa shape index (κ2) is 10.9. The molecule has 0 spiro atoms. The minimum atomic E-state index is -0.255. The summed E-state index contributed by atoms with van der Waals surface area (Å²) in [6.07, 6.45) is 6.38. The van der Waals surface area contributed by atoms with Gasteiger partial charge < -0.3 is 5.32 Å². The molecule has 0 bridgehead atoms. The van der Waals surface area contributed by atoms with E-state index in [0.29, 0.717) is 23.0 Å². The SMILES string of the molecule is CCCCC(CC)CNC(=O)C1CCN(Cc2c(F)cccc2Cl)CC1. The van der Waals surface area contributed by atoms with Crippen molar-refractivity contribution in [2.75, 3.05) is 19.6 Å². The van der Waals surface area contributed by atoms with Gasteiger partial charge in [-0.3, -0.25) is 9.69 Å². The molecule has 1 amide bonds. The first-order chi connectivity index (χ1) is 12.5. The molecule has 0 radical (unpaired) electrons. The average molecular weight is 383 g/mol. The number of carbonyl (C=O) groups excluding carboxylic acids is 1. The quantitative estimate of drug-likeness (QED) is 0.650. The first kappa shape index (κ1) is 21.2. The van der Waals surface area contributed by atoms with E-state index in [1.54, 1.807) is 12.1 Å². The van der Waals surface area contributed by atoms with Crippen molar-refractivity contribution in [1.82, 2.24) is 10.2 Å². The number of piperidine rings is 1. The fourth-order valence-corrected chi connectivity index (χ4v) is 3.82. The third-order valence-electron chi connectivity index (χ3n) is 5.51. The van der Waals surface area contributed by atoms with Crippen LogP contribution in [0.3, 0.4) is 0 Å². The van der Waals surface area contributed by atoms with Crippen molar-refractivity contribution in [1.29, 1.82) is 0 Å². The Kier molecular flexibility index (Phi) is 8.86. The Morgan fingerprint density at radius 2 is 2.08 bits per heavy atom. The zero-order chi connectivity index (χ0) is 18.9. The molecule has 146 valence electrons. The van der Waals surface area contributed by atoms with E-state index in [9.17, 15) is 9.18 Å². The second-order valence-corrected chi connectivity index (χ2v) is 7.82. The van der Waals surface area contributed by atoms with Crippen molar-refractivity contribution in [3.05, 3.63) is 34.6 Å². The van der Waals surface area contributed by atoms with Gasteiger partial charge >= 0.3 is 0 Å². The lowest BCUT2D eigenvalue weighted by atomic mass is 9.94. The minimum absolute atomic E-state index is 0.0750. The van der Waals surface area contributed by atoms with Crippen LogP contribution in [-0.4, -0.2) is 30.4 Å². The molecule has 3 nitrogen and oxygen atoms in total. The van der Waals surface area contributed by atoms with Crippen molar-refractivity contribution in [3.8, 4) is 0 Å². The number of unbranched alkanes of at least 4 members (excludes halogenated alkanes) is 1. The van der Waals surface area contributed by atoms with E-state index in [-0.39, 0.29) is 17.6 Å². The molecule has 1 unspecified atom stereocenters. The van der Waals surface area contributed by atoms with E-state index in [1.165, 1.54) is 25.3 Å². The van der Waals surface area contributed by atoms with Gasteiger partial charge in [0.1, 0.15) is 5.82 Å². The van der Waals surface area contributed by atoms with Gasteiger partial charge in [0.15, 0.2) is 0 Å². The molecule has 0 aliphatic carbocycles. The van der Waals surface area contributed by atoms with Crippen LogP contribution in [0.1, 0.15) is 57.9 Å². The lowest BCUT2D eigenvalue weighted by Gasteiger charge is -2.31. The number of rotatable bonds is 9. The number of halogens is 2. The fourth-order valence-electron chi connectivity index (χ4n) is 3.59. The van der Waals surface area contributed by atoms with Gasteiger partial charge in [0.05, 0.1) is 0 Å². The molecule has 1 saturated heterocycles. The van der Waals surface area contributed by atoms with Crippen LogP contribution >= 0.6 is 11.6 Å². The van der Waals surface area contributed by atoms with Crippen molar-refractivity contribution < 1.29 is 9.18 Å². The third-order valence-corrected chi connectivity index (χ3v) is 5.86. The highest BCUT2D eigenvalue weighted by molar-refractivity contribution is 6.31. The molecule has 1 aliphatic rings. The Balaban J connectivity index is 1.76. The topological polar surface area (TPSA) is 32.3 Å². The van der Waals surface area contributed by atoms with E-state index in [4.69, 9.17) is 11.6 Å². The number of benzene rings is 1. The number of nitrogens with one attached hydrogen (secondary N) is 1. The summed E-state index contributed by atoms with van der Waals surface area (Å²) >= 11 is 6.12. The maximum atomic E-state index is 13.9. The van der Waals surface area contributed by atoms with Crippen LogP contribution < -0.4 is 5.32 Å². The highest BCUT2D eigenvalue weighted by Gasteiger charge is 2.26. The van der Waals surface area contributed by atoms with Crippen molar-refractivity contribution in [3.63, 3.8) is 0 Å². The summed E-state index contributed by atoms with van der Waals surface area (Å²) in [5.74, 6) is 0.590. The van der Waals surface area contributed by atoms with Crippen molar-refractivity contribution in [2.24, 2.45) is 11.8 Å². The number of likely N-dealkylation sites (tertiary alicyclic amines) is 1. The first-order valence-corrected chi connectivity index (χ1v) is 10.4. The van der Waals surface area contributed by atoms with Crippen LogP contribution in [0.2, 0.25) is 5.02 Å². The standard InChI is InChI=1S/C21H32ClFN2O/c1-3-5-7-16(4-2)14-24-21(26)17-10-12-25(13-11-17)15-18-19(22)8-6-9-20(18)23/h6,8-9,16-17H,3-5,7,10-15H2,1-2H3,(H,24,26). The van der Waals surface area contributed by atoms with Gasteiger partial charge in [-0.05, 0) is 50.4 Å². The van der Waals surface area contributed by atoms with E-state index in [1.807, 2.05) is 0 Å². The molecule has 1 fully saturated rings. The molecular formula is C21H32ClFN2O. The molecule has 5 heteroatoms. The summed E-state index contributed by atoms with van der Waals surface area (Å²) in [4.78, 5) is 14.6. The number of amides is 1. The molecule has 0 saturated carbocycles. The Morgan fingerprint density at radius 3 is 2.69 bits per heavy atom. The Bertz CT molecular complexity index is 553. The van der Waals surface area contributed by atoms with Crippen molar-refractivity contribution in [2.45, 2.75) is 58.9 Å². The number of nitrogens with zero attached hydrogens (tertiary/aromatic N) is 1. The normalized spacial score (nSPS) is 17.2. The second-order valence-electron chi connectivity index (χ2n) is 7.41. The van der Waals surface area contributed by atoms with Crippen LogP contribution in [0, 0.1) is 17.7 Å². The summed E-state index contributed by atoms with van der Waals surface area (Å²) in [6, 6.07) is 4.80. The molecule has 0 aromatic heterocycles. The van der Waals surface area contributed by atoms with Crippen LogP contribution in [0.25, 0.3) is 0 Å². The van der Waals surface area contributed by atoms with Gasteiger partial charge in [0, 0.05) is 29.6 Å². The number of hydrogen-bond acceptors (Lipinski definition) is 2. The summed E-state index contributed by atoms with van der Waals surface area (Å²) in [5, 5.41) is 3.63.